The Morgan fingerprint density at radius 1 is 1.14 bits per heavy atom. The second kappa shape index (κ2) is 7.64. The molecule has 2 aromatic carbocycles. The van der Waals surface area contributed by atoms with Gasteiger partial charge >= 0.3 is 0 Å². The first-order valence-electron chi connectivity index (χ1n) is 9.27. The number of nitrogens with one attached hydrogen (secondary N) is 2. The van der Waals surface area contributed by atoms with Crippen molar-refractivity contribution in [1.29, 1.82) is 0 Å². The van der Waals surface area contributed by atoms with Gasteiger partial charge in [-0.15, -0.1) is 0 Å². The third-order valence-electron chi connectivity index (χ3n) is 4.68. The van der Waals surface area contributed by atoms with Crippen LogP contribution in [0.5, 0.6) is 0 Å². The molecule has 4 aromatic rings. The lowest BCUT2D eigenvalue weighted by Crippen LogP contribution is -2.32. The molecule has 2 N–H and O–H groups in total. The number of H-pyrrole nitrogens is 1. The largest absolute Gasteiger partial charge is 0.342 e. The fourth-order valence-electron chi connectivity index (χ4n) is 3.16. The minimum Gasteiger partial charge on any atom is -0.342 e. The van der Waals surface area contributed by atoms with Crippen LogP contribution in [-0.4, -0.2) is 30.6 Å². The number of hydrogen-bond acceptors (Lipinski definition) is 4. The van der Waals surface area contributed by atoms with E-state index in [0.717, 1.165) is 22.4 Å². The Morgan fingerprint density at radius 2 is 1.93 bits per heavy atom. The van der Waals surface area contributed by atoms with Crippen molar-refractivity contribution in [1.82, 2.24) is 30.0 Å². The van der Waals surface area contributed by atoms with Crippen LogP contribution in [0.1, 0.15) is 41.6 Å². The van der Waals surface area contributed by atoms with Crippen LogP contribution in [0.2, 0.25) is 0 Å². The standard InChI is InChI=1S/C21H22N6O/c1-14(2)19(20-24-17-5-3-4-6-18(17)25-20)26-21(28)16-9-7-15(8-10-16)11-27-13-22-12-23-27/h3-10,12-14,19H,11H2,1-2H3,(H,24,25)(H,26,28)/t19-/m0/s1. The minimum absolute atomic E-state index is 0.119. The summed E-state index contributed by atoms with van der Waals surface area (Å²) in [6.07, 6.45) is 3.17. The molecule has 7 nitrogen and oxygen atoms in total. The predicted molar refractivity (Wildman–Crippen MR) is 107 cm³/mol. The number of carbonyl (C=O) groups excluding carboxylic acids is 1. The Bertz CT molecular complexity index is 1030. The van der Waals surface area contributed by atoms with Gasteiger partial charge in [-0.3, -0.25) is 4.79 Å². The van der Waals surface area contributed by atoms with Gasteiger partial charge in [-0.05, 0) is 35.7 Å². The van der Waals surface area contributed by atoms with E-state index in [1.165, 1.54) is 6.33 Å². The molecule has 2 aromatic heterocycles. The lowest BCUT2D eigenvalue weighted by molar-refractivity contribution is 0.0923. The lowest BCUT2D eigenvalue weighted by Gasteiger charge is -2.20. The summed E-state index contributed by atoms with van der Waals surface area (Å²) in [5.74, 6) is 0.843. The maximum Gasteiger partial charge on any atom is 0.251 e. The number of fused-ring (bicyclic) bond motifs is 1. The zero-order chi connectivity index (χ0) is 19.5. The van der Waals surface area contributed by atoms with Crippen LogP contribution in [0, 0.1) is 5.92 Å². The Labute approximate surface area is 162 Å². The first kappa shape index (κ1) is 17.9. The third-order valence-corrected chi connectivity index (χ3v) is 4.68. The highest BCUT2D eigenvalue weighted by Gasteiger charge is 2.22. The molecule has 4 rings (SSSR count). The summed E-state index contributed by atoms with van der Waals surface area (Å²) >= 11 is 0. The maximum atomic E-state index is 12.8. The molecule has 2 heterocycles. The summed E-state index contributed by atoms with van der Waals surface area (Å²) in [5.41, 5.74) is 3.54. The molecular formula is C21H22N6O. The molecule has 0 saturated carbocycles. The van der Waals surface area contributed by atoms with Crippen LogP contribution in [-0.2, 0) is 6.54 Å². The average Bonchev–Trinajstić information content (AvgIpc) is 3.35. The van der Waals surface area contributed by atoms with Gasteiger partial charge in [-0.2, -0.15) is 5.10 Å². The monoisotopic (exact) mass is 374 g/mol. The molecule has 7 heteroatoms. The number of aromatic amines is 1. The first-order valence-corrected chi connectivity index (χ1v) is 9.27. The topological polar surface area (TPSA) is 88.5 Å². The van der Waals surface area contributed by atoms with Crippen LogP contribution in [0.4, 0.5) is 0 Å². The van der Waals surface area contributed by atoms with E-state index < -0.39 is 0 Å². The lowest BCUT2D eigenvalue weighted by atomic mass is 10.0. The van der Waals surface area contributed by atoms with Crippen molar-refractivity contribution in [3.8, 4) is 0 Å². The molecule has 0 aliphatic carbocycles. The molecule has 1 atom stereocenters. The van der Waals surface area contributed by atoms with E-state index in [-0.39, 0.29) is 17.9 Å². The average molecular weight is 374 g/mol. The van der Waals surface area contributed by atoms with Gasteiger partial charge in [0, 0.05) is 5.56 Å². The number of rotatable bonds is 6. The molecule has 0 unspecified atom stereocenters. The smallest absolute Gasteiger partial charge is 0.251 e. The molecule has 0 aliphatic heterocycles. The van der Waals surface area contributed by atoms with Crippen LogP contribution in [0.3, 0.4) is 0 Å². The fraction of sp³-hybridized carbons (Fsp3) is 0.238. The highest BCUT2D eigenvalue weighted by Crippen LogP contribution is 2.22. The summed E-state index contributed by atoms with van der Waals surface area (Å²) < 4.78 is 1.74. The van der Waals surface area contributed by atoms with Gasteiger partial charge in [0.15, 0.2) is 0 Å². The summed E-state index contributed by atoms with van der Waals surface area (Å²) in [6, 6.07) is 15.2. The number of hydrogen-bond donors (Lipinski definition) is 2. The number of nitrogens with zero attached hydrogens (tertiary/aromatic N) is 4. The number of amides is 1. The molecule has 0 bridgehead atoms. The number of imidazole rings is 1. The van der Waals surface area contributed by atoms with Crippen molar-refractivity contribution in [3.63, 3.8) is 0 Å². The van der Waals surface area contributed by atoms with E-state index in [9.17, 15) is 4.79 Å². The summed E-state index contributed by atoms with van der Waals surface area (Å²) in [6.45, 7) is 4.76. The van der Waals surface area contributed by atoms with Gasteiger partial charge in [0.05, 0.1) is 23.6 Å². The molecular weight excluding hydrogens is 352 g/mol. The first-order chi connectivity index (χ1) is 13.6. The normalized spacial score (nSPS) is 12.4. The highest BCUT2D eigenvalue weighted by molar-refractivity contribution is 5.94. The van der Waals surface area contributed by atoms with Gasteiger partial charge in [0.1, 0.15) is 18.5 Å². The predicted octanol–water partition coefficient (Wildman–Crippen LogP) is 3.33. The van der Waals surface area contributed by atoms with E-state index in [2.05, 4.69) is 39.2 Å². The van der Waals surface area contributed by atoms with Crippen molar-refractivity contribution in [2.45, 2.75) is 26.4 Å². The van der Waals surface area contributed by atoms with Crippen LogP contribution in [0.15, 0.2) is 61.2 Å². The van der Waals surface area contributed by atoms with Crippen molar-refractivity contribution in [2.75, 3.05) is 0 Å². The fourth-order valence-corrected chi connectivity index (χ4v) is 3.16. The summed E-state index contributed by atoms with van der Waals surface area (Å²) in [7, 11) is 0. The van der Waals surface area contributed by atoms with Gasteiger partial charge in [-0.25, -0.2) is 14.6 Å². The quantitative estimate of drug-likeness (QED) is 0.542. The number of benzene rings is 2. The molecule has 142 valence electrons. The second-order valence-electron chi connectivity index (χ2n) is 7.12. The van der Waals surface area contributed by atoms with Crippen molar-refractivity contribution >= 4 is 16.9 Å². The van der Waals surface area contributed by atoms with Gasteiger partial charge in [-0.1, -0.05) is 38.1 Å². The van der Waals surface area contributed by atoms with E-state index in [1.807, 2.05) is 48.5 Å². The van der Waals surface area contributed by atoms with E-state index in [1.54, 1.807) is 11.0 Å². The highest BCUT2D eigenvalue weighted by atomic mass is 16.1. The van der Waals surface area contributed by atoms with E-state index in [4.69, 9.17) is 0 Å². The Hall–Kier alpha value is -3.48. The maximum absolute atomic E-state index is 12.8. The Kier molecular flexibility index (Phi) is 4.89. The van der Waals surface area contributed by atoms with Crippen LogP contribution in [0.25, 0.3) is 11.0 Å². The van der Waals surface area contributed by atoms with Crippen LogP contribution < -0.4 is 5.32 Å². The molecule has 0 aliphatic rings. The molecule has 1 amide bonds. The van der Waals surface area contributed by atoms with Crippen LogP contribution >= 0.6 is 0 Å². The molecule has 0 fully saturated rings. The molecule has 0 saturated heterocycles. The minimum atomic E-state index is -0.199. The molecule has 0 spiro atoms. The Balaban J connectivity index is 1.50. The number of aromatic nitrogens is 5. The van der Waals surface area contributed by atoms with Crippen molar-refractivity contribution in [3.05, 3.63) is 78.1 Å². The van der Waals surface area contributed by atoms with Crippen molar-refractivity contribution < 1.29 is 4.79 Å². The van der Waals surface area contributed by atoms with Gasteiger partial charge in [0.25, 0.3) is 5.91 Å². The third kappa shape index (κ3) is 3.78. The molecule has 28 heavy (non-hydrogen) atoms. The SMILES string of the molecule is CC(C)[C@H](NC(=O)c1ccc(Cn2cncn2)cc1)c1nc2ccccc2[nH]1. The summed E-state index contributed by atoms with van der Waals surface area (Å²) in [5, 5.41) is 7.21. The molecule has 0 radical (unpaired) electrons. The summed E-state index contributed by atoms with van der Waals surface area (Å²) in [4.78, 5) is 24.7. The zero-order valence-corrected chi connectivity index (χ0v) is 15.8. The number of para-hydroxylation sites is 2. The van der Waals surface area contributed by atoms with E-state index in [0.29, 0.717) is 12.1 Å². The zero-order valence-electron chi connectivity index (χ0n) is 15.8. The van der Waals surface area contributed by atoms with Gasteiger partial charge in [0.2, 0.25) is 0 Å². The number of carbonyl (C=O) groups is 1. The van der Waals surface area contributed by atoms with Gasteiger partial charge < -0.3 is 10.3 Å². The van der Waals surface area contributed by atoms with Crippen molar-refractivity contribution in [2.24, 2.45) is 5.92 Å². The second-order valence-corrected chi connectivity index (χ2v) is 7.12. The Morgan fingerprint density at radius 3 is 2.61 bits per heavy atom. The van der Waals surface area contributed by atoms with E-state index >= 15 is 0 Å².